The Balaban J connectivity index is 0.000000165. The highest BCUT2D eigenvalue weighted by atomic mass is 35.5. The molecule has 0 bridgehead atoms. The number of rotatable bonds is 18. The van der Waals surface area contributed by atoms with Crippen molar-refractivity contribution in [3.05, 3.63) is 250 Å². The van der Waals surface area contributed by atoms with E-state index in [2.05, 4.69) is 67.6 Å². The molecule has 9 rings (SSSR count). The molecular formula is C61H55ClN6O6Si. The summed E-state index contributed by atoms with van der Waals surface area (Å²) in [4.78, 5) is 0. The predicted molar refractivity (Wildman–Crippen MR) is 294 cm³/mol. The number of benzene rings is 6. The molecule has 0 radical (unpaired) electrons. The second-order valence-electron chi connectivity index (χ2n) is 17.4. The summed E-state index contributed by atoms with van der Waals surface area (Å²) >= 11 is 5.91. The van der Waals surface area contributed by atoms with Crippen LogP contribution in [0.3, 0.4) is 0 Å². The van der Waals surface area contributed by atoms with Crippen LogP contribution in [0.1, 0.15) is 44.8 Å². The van der Waals surface area contributed by atoms with Gasteiger partial charge in [0.2, 0.25) is 0 Å². The number of nitrogens with zero attached hydrogens (tertiary/aromatic N) is 6. The van der Waals surface area contributed by atoms with Crippen molar-refractivity contribution in [2.45, 2.75) is 59.3 Å². The maximum atomic E-state index is 6.00. The Kier molecular flexibility index (Phi) is 20.7. The van der Waals surface area contributed by atoms with Crippen molar-refractivity contribution in [1.82, 2.24) is 30.6 Å². The van der Waals surface area contributed by atoms with Gasteiger partial charge in [0.05, 0.1) is 0 Å². The van der Waals surface area contributed by atoms with Crippen molar-refractivity contribution in [3.8, 4) is 58.7 Å². The van der Waals surface area contributed by atoms with Crippen LogP contribution in [-0.4, -0.2) is 38.7 Å². The highest BCUT2D eigenvalue weighted by Gasteiger charge is 2.14. The molecule has 3 heterocycles. The summed E-state index contributed by atoms with van der Waals surface area (Å²) in [5.41, 5.74) is 10.6. The summed E-state index contributed by atoms with van der Waals surface area (Å²) in [7, 11) is -1.50. The van der Waals surface area contributed by atoms with E-state index in [4.69, 9.17) is 46.4 Å². The zero-order valence-corrected chi connectivity index (χ0v) is 43.6. The lowest BCUT2D eigenvalue weighted by atomic mass is 10.2. The normalized spacial score (nSPS) is 10.3. The Morgan fingerprint density at radius 2 is 0.653 bits per heavy atom. The number of terminal acetylenes is 1. The lowest BCUT2D eigenvalue weighted by molar-refractivity contribution is 0.244. The van der Waals surface area contributed by atoms with Gasteiger partial charge in [-0.05, 0) is 39.3 Å². The minimum absolute atomic E-state index is 0.264. The molecule has 0 saturated heterocycles. The Morgan fingerprint density at radius 3 is 0.973 bits per heavy atom. The molecule has 9 aromatic rings. The Morgan fingerprint density at radius 1 is 0.373 bits per heavy atom. The number of aromatic nitrogens is 6. The van der Waals surface area contributed by atoms with E-state index in [1.807, 2.05) is 188 Å². The average molecular weight is 1030 g/mol. The van der Waals surface area contributed by atoms with Crippen LogP contribution in [0, 0.1) is 23.8 Å². The minimum atomic E-state index is -1.50. The summed E-state index contributed by atoms with van der Waals surface area (Å²) in [5.74, 6) is 8.12. The third kappa shape index (κ3) is 19.2. The monoisotopic (exact) mass is 1030 g/mol. The predicted octanol–water partition coefficient (Wildman–Crippen LogP) is 12.8. The van der Waals surface area contributed by atoms with Crippen LogP contribution in [0.5, 0.6) is 34.9 Å². The summed E-state index contributed by atoms with van der Waals surface area (Å²) in [6.07, 6.45) is 5.39. The van der Waals surface area contributed by atoms with Crippen molar-refractivity contribution in [1.29, 1.82) is 0 Å². The van der Waals surface area contributed by atoms with Gasteiger partial charge in [-0.15, -0.1) is 42.6 Å². The molecular weight excluding hydrogens is 976 g/mol. The van der Waals surface area contributed by atoms with E-state index in [0.717, 1.165) is 33.4 Å². The first kappa shape index (κ1) is 53.8. The largest absolute Gasteiger partial charge is 0.483 e. The standard InChI is InChI=1S/C23H24N2O2Si.C20H16N2O2.C18H15ClN2O2/c1-28(2,3)15-14-21-16-22(26-17-19-10-6-4-7-11-19)23(25-24-21)27-18-20-12-8-5-9-13-20;1-2-18-13-19(23-14-16-9-5-3-6-10-16)20(22-21-18)24-15-17-11-7-4-8-12-17;19-17-11-16(22-12-14-7-3-1-4-8-14)18(21-20-17)23-13-15-9-5-2-6-10-15/h4-13,16H,17-18H2,1-3H3;1,3-13H,14-15H2;1-11H,12-13H2. The molecule has 0 saturated carbocycles. The molecule has 0 unspecified atom stereocenters. The van der Waals surface area contributed by atoms with Crippen molar-refractivity contribution >= 4 is 19.7 Å². The average Bonchev–Trinajstić information content (AvgIpc) is 3.45. The van der Waals surface area contributed by atoms with Crippen LogP contribution in [-0.2, 0) is 39.6 Å². The first-order valence-corrected chi connectivity index (χ1v) is 27.8. The van der Waals surface area contributed by atoms with Crippen LogP contribution in [0.4, 0.5) is 0 Å². The van der Waals surface area contributed by atoms with Gasteiger partial charge in [-0.25, -0.2) is 0 Å². The third-order valence-corrected chi connectivity index (χ3v) is 11.3. The second-order valence-corrected chi connectivity index (χ2v) is 22.6. The van der Waals surface area contributed by atoms with Gasteiger partial charge >= 0.3 is 0 Å². The summed E-state index contributed by atoms with van der Waals surface area (Å²) in [6, 6.07) is 64.4. The smallest absolute Gasteiger partial charge is 0.276 e. The maximum absolute atomic E-state index is 6.00. The second kappa shape index (κ2) is 28.9. The van der Waals surface area contributed by atoms with Crippen molar-refractivity contribution in [2.24, 2.45) is 0 Å². The molecule has 0 aliphatic heterocycles. The quantitative estimate of drug-likeness (QED) is 0.0598. The topological polar surface area (TPSA) is 133 Å². The van der Waals surface area contributed by atoms with Crippen LogP contribution in [0.15, 0.2) is 200 Å². The van der Waals surface area contributed by atoms with E-state index >= 15 is 0 Å². The van der Waals surface area contributed by atoms with Gasteiger partial charge in [0, 0.05) is 18.2 Å². The number of hydrogen-bond acceptors (Lipinski definition) is 12. The molecule has 0 fully saturated rings. The van der Waals surface area contributed by atoms with E-state index in [-0.39, 0.29) is 5.15 Å². The Labute approximate surface area is 444 Å². The summed E-state index contributed by atoms with van der Waals surface area (Å²) in [6.45, 7) is 8.98. The fraction of sp³-hybridized carbons (Fsp3) is 0.148. The lowest BCUT2D eigenvalue weighted by Crippen LogP contribution is -2.16. The summed E-state index contributed by atoms with van der Waals surface area (Å²) in [5, 5.41) is 24.5. The molecule has 0 amide bonds. The van der Waals surface area contributed by atoms with E-state index in [1.54, 1.807) is 12.1 Å². The van der Waals surface area contributed by atoms with Gasteiger partial charge in [0.1, 0.15) is 59.1 Å². The molecule has 3 aromatic heterocycles. The molecule has 0 aliphatic carbocycles. The fourth-order valence-corrected chi connectivity index (χ4v) is 7.08. The van der Waals surface area contributed by atoms with Crippen LogP contribution >= 0.6 is 11.6 Å². The molecule has 12 nitrogen and oxygen atoms in total. The fourth-order valence-electron chi connectivity index (χ4n) is 6.45. The molecule has 376 valence electrons. The van der Waals surface area contributed by atoms with Crippen LogP contribution in [0.25, 0.3) is 0 Å². The van der Waals surface area contributed by atoms with E-state index in [1.165, 1.54) is 0 Å². The maximum Gasteiger partial charge on any atom is 0.276 e. The molecule has 0 atom stereocenters. The van der Waals surface area contributed by atoms with Gasteiger partial charge < -0.3 is 28.4 Å². The van der Waals surface area contributed by atoms with Gasteiger partial charge in [-0.2, -0.15) is 0 Å². The molecule has 0 spiro atoms. The number of ether oxygens (including phenoxy) is 6. The first-order valence-electron chi connectivity index (χ1n) is 23.9. The first-order chi connectivity index (χ1) is 36.7. The molecule has 0 N–H and O–H groups in total. The van der Waals surface area contributed by atoms with Gasteiger partial charge in [0.25, 0.3) is 17.6 Å². The lowest BCUT2D eigenvalue weighted by Gasteiger charge is -2.12. The molecule has 0 aliphatic rings. The third-order valence-electron chi connectivity index (χ3n) is 10.2. The van der Waals surface area contributed by atoms with E-state index < -0.39 is 8.07 Å². The molecule has 14 heteroatoms. The minimum Gasteiger partial charge on any atom is -0.483 e. The van der Waals surface area contributed by atoms with E-state index in [0.29, 0.717) is 85.9 Å². The Bertz CT molecular complexity index is 3230. The van der Waals surface area contributed by atoms with Crippen molar-refractivity contribution < 1.29 is 28.4 Å². The number of hydrogen-bond donors (Lipinski definition) is 0. The summed E-state index contributed by atoms with van der Waals surface area (Å²) < 4.78 is 34.9. The van der Waals surface area contributed by atoms with Crippen molar-refractivity contribution in [2.75, 3.05) is 0 Å². The molecule has 75 heavy (non-hydrogen) atoms. The zero-order chi connectivity index (χ0) is 52.3. The SMILES string of the molecule is C#Cc1cc(OCc2ccccc2)c(OCc2ccccc2)nn1.C[Si](C)(C)C#Cc1cc(OCc2ccccc2)c(OCc2ccccc2)nn1.Clc1cc(OCc2ccccc2)c(OCc2ccccc2)nn1. The van der Waals surface area contributed by atoms with Gasteiger partial charge in [-0.1, -0.05) is 219 Å². The molecule has 6 aromatic carbocycles. The van der Waals surface area contributed by atoms with Crippen LogP contribution < -0.4 is 28.4 Å². The van der Waals surface area contributed by atoms with Crippen LogP contribution in [0.2, 0.25) is 24.8 Å². The highest BCUT2D eigenvalue weighted by Crippen LogP contribution is 2.29. The van der Waals surface area contributed by atoms with Gasteiger partial charge in [0.15, 0.2) is 22.4 Å². The Hall–Kier alpha value is -9.01. The van der Waals surface area contributed by atoms with Gasteiger partial charge in [-0.3, -0.25) is 0 Å². The number of halogens is 1. The van der Waals surface area contributed by atoms with E-state index in [9.17, 15) is 0 Å². The zero-order valence-electron chi connectivity index (χ0n) is 41.9. The van der Waals surface area contributed by atoms with Crippen molar-refractivity contribution in [3.63, 3.8) is 0 Å². The highest BCUT2D eigenvalue weighted by molar-refractivity contribution is 6.83.